The van der Waals surface area contributed by atoms with E-state index in [4.69, 9.17) is 9.47 Å². The van der Waals surface area contributed by atoms with E-state index in [0.29, 0.717) is 34.9 Å². The topological polar surface area (TPSA) is 64.6 Å². The van der Waals surface area contributed by atoms with Gasteiger partial charge in [-0.05, 0) is 56.2 Å². The molecule has 0 heterocycles. The molecule has 0 fully saturated rings. The van der Waals surface area contributed by atoms with Gasteiger partial charge in [-0.2, -0.15) is 0 Å². The molecule has 0 atom stereocenters. The Kier molecular flexibility index (Phi) is 5.15. The largest absolute Gasteiger partial charge is 0.497 e. The second-order valence-corrected chi connectivity index (χ2v) is 6.78. The van der Waals surface area contributed by atoms with Gasteiger partial charge in [-0.15, -0.1) is 0 Å². The van der Waals surface area contributed by atoms with Crippen LogP contribution in [0.3, 0.4) is 0 Å². The summed E-state index contributed by atoms with van der Waals surface area (Å²) >= 11 is 0. The summed E-state index contributed by atoms with van der Waals surface area (Å²) in [6.07, 6.45) is 0. The van der Waals surface area contributed by atoms with E-state index in [0.717, 1.165) is 0 Å². The lowest BCUT2D eigenvalue weighted by Crippen LogP contribution is -2.16. The van der Waals surface area contributed by atoms with Crippen LogP contribution in [0.25, 0.3) is 0 Å². The van der Waals surface area contributed by atoms with Gasteiger partial charge in [0.2, 0.25) is 0 Å². The second kappa shape index (κ2) is 6.91. The molecule has 0 amide bonds. The zero-order valence-electron chi connectivity index (χ0n) is 13.7. The first-order valence-electron chi connectivity index (χ1n) is 7.28. The van der Waals surface area contributed by atoms with Gasteiger partial charge in [0.1, 0.15) is 11.5 Å². The SMILES string of the molecule is CCOc1cccc(NS(=O)(=O)c2c(C)cc(OC)cc2C)c1. The number of methoxy groups -OCH3 is 1. The highest BCUT2D eigenvalue weighted by Crippen LogP contribution is 2.28. The maximum Gasteiger partial charge on any atom is 0.262 e. The Labute approximate surface area is 137 Å². The zero-order valence-corrected chi connectivity index (χ0v) is 14.5. The maximum atomic E-state index is 12.7. The molecule has 2 aromatic carbocycles. The normalized spacial score (nSPS) is 11.1. The molecule has 0 saturated heterocycles. The summed E-state index contributed by atoms with van der Waals surface area (Å²) in [5, 5.41) is 0. The molecule has 2 aromatic rings. The van der Waals surface area contributed by atoms with Crippen molar-refractivity contribution in [1.82, 2.24) is 0 Å². The van der Waals surface area contributed by atoms with E-state index in [1.54, 1.807) is 57.4 Å². The molecule has 0 radical (unpaired) electrons. The van der Waals surface area contributed by atoms with E-state index in [1.165, 1.54) is 0 Å². The average Bonchev–Trinajstić information content (AvgIpc) is 2.46. The molecule has 0 aliphatic rings. The summed E-state index contributed by atoms with van der Waals surface area (Å²) in [6, 6.07) is 10.3. The zero-order chi connectivity index (χ0) is 17.0. The van der Waals surface area contributed by atoms with Gasteiger partial charge in [0, 0.05) is 6.07 Å². The molecule has 0 aliphatic carbocycles. The first kappa shape index (κ1) is 17.1. The molecule has 2 rings (SSSR count). The number of hydrogen-bond donors (Lipinski definition) is 1. The Morgan fingerprint density at radius 3 is 2.26 bits per heavy atom. The van der Waals surface area contributed by atoms with Crippen molar-refractivity contribution in [1.29, 1.82) is 0 Å². The molecule has 0 unspecified atom stereocenters. The van der Waals surface area contributed by atoms with E-state index in [9.17, 15) is 8.42 Å². The lowest BCUT2D eigenvalue weighted by atomic mass is 10.1. The summed E-state index contributed by atoms with van der Waals surface area (Å²) in [5.41, 5.74) is 1.73. The fourth-order valence-corrected chi connectivity index (χ4v) is 3.98. The van der Waals surface area contributed by atoms with Crippen LogP contribution in [0.15, 0.2) is 41.3 Å². The molecule has 0 aliphatic heterocycles. The van der Waals surface area contributed by atoms with Crippen LogP contribution < -0.4 is 14.2 Å². The number of nitrogens with one attached hydrogen (secondary N) is 1. The van der Waals surface area contributed by atoms with Crippen LogP contribution in [-0.2, 0) is 10.0 Å². The summed E-state index contributed by atoms with van der Waals surface area (Å²) in [4.78, 5) is 0.264. The average molecular weight is 335 g/mol. The second-order valence-electron chi connectivity index (χ2n) is 5.16. The van der Waals surface area contributed by atoms with Crippen molar-refractivity contribution < 1.29 is 17.9 Å². The van der Waals surface area contributed by atoms with Crippen molar-refractivity contribution >= 4 is 15.7 Å². The summed E-state index contributed by atoms with van der Waals surface area (Å²) in [5.74, 6) is 1.26. The fourth-order valence-electron chi connectivity index (χ4n) is 2.47. The Hall–Kier alpha value is -2.21. The van der Waals surface area contributed by atoms with Crippen molar-refractivity contribution in [2.75, 3.05) is 18.4 Å². The number of hydrogen-bond acceptors (Lipinski definition) is 4. The van der Waals surface area contributed by atoms with Gasteiger partial charge in [-0.25, -0.2) is 8.42 Å². The number of sulfonamides is 1. The van der Waals surface area contributed by atoms with E-state index < -0.39 is 10.0 Å². The molecule has 0 bridgehead atoms. The molecule has 1 N–H and O–H groups in total. The summed E-state index contributed by atoms with van der Waals surface area (Å²) < 4.78 is 38.6. The van der Waals surface area contributed by atoms with Crippen LogP contribution in [0.1, 0.15) is 18.1 Å². The molecular weight excluding hydrogens is 314 g/mol. The number of benzene rings is 2. The molecule has 0 spiro atoms. The number of ether oxygens (including phenoxy) is 2. The van der Waals surface area contributed by atoms with E-state index in [-0.39, 0.29) is 4.90 Å². The Bertz CT molecular complexity index is 777. The summed E-state index contributed by atoms with van der Waals surface area (Å²) in [6.45, 7) is 5.90. The highest BCUT2D eigenvalue weighted by Gasteiger charge is 2.20. The Balaban J connectivity index is 2.38. The quantitative estimate of drug-likeness (QED) is 0.877. The minimum atomic E-state index is -3.69. The molecule has 5 nitrogen and oxygen atoms in total. The molecule has 0 aromatic heterocycles. The predicted molar refractivity (Wildman–Crippen MR) is 90.9 cm³/mol. The molecule has 23 heavy (non-hydrogen) atoms. The third-order valence-corrected chi connectivity index (χ3v) is 5.02. The third kappa shape index (κ3) is 3.96. The van der Waals surface area contributed by atoms with Gasteiger partial charge in [-0.3, -0.25) is 4.72 Å². The predicted octanol–water partition coefficient (Wildman–Crippen LogP) is 3.51. The van der Waals surface area contributed by atoms with E-state index in [2.05, 4.69) is 4.72 Å². The lowest BCUT2D eigenvalue weighted by molar-refractivity contribution is 0.340. The molecular formula is C17H21NO4S. The van der Waals surface area contributed by atoms with Gasteiger partial charge in [0.05, 0.1) is 24.3 Å². The van der Waals surface area contributed by atoms with Gasteiger partial charge in [0.15, 0.2) is 0 Å². The van der Waals surface area contributed by atoms with Crippen LogP contribution >= 0.6 is 0 Å². The fraction of sp³-hybridized carbons (Fsp3) is 0.294. The summed E-state index contributed by atoms with van der Waals surface area (Å²) in [7, 11) is -2.14. The van der Waals surface area contributed by atoms with E-state index in [1.807, 2.05) is 6.92 Å². The van der Waals surface area contributed by atoms with Gasteiger partial charge < -0.3 is 9.47 Å². The van der Waals surface area contributed by atoms with E-state index >= 15 is 0 Å². The molecule has 0 saturated carbocycles. The van der Waals surface area contributed by atoms with Crippen LogP contribution in [-0.4, -0.2) is 22.1 Å². The lowest BCUT2D eigenvalue weighted by Gasteiger charge is -2.15. The third-order valence-electron chi connectivity index (χ3n) is 3.34. The van der Waals surface area contributed by atoms with Crippen molar-refractivity contribution in [2.24, 2.45) is 0 Å². The standard InChI is InChI=1S/C17H21NO4S/c1-5-22-15-8-6-7-14(11-15)18-23(19,20)17-12(2)9-16(21-4)10-13(17)3/h6-11,18H,5H2,1-4H3. The maximum absolute atomic E-state index is 12.7. The Morgan fingerprint density at radius 2 is 1.70 bits per heavy atom. The minimum Gasteiger partial charge on any atom is -0.497 e. The highest BCUT2D eigenvalue weighted by atomic mass is 32.2. The van der Waals surface area contributed by atoms with Gasteiger partial charge in [0.25, 0.3) is 10.0 Å². The van der Waals surface area contributed by atoms with Crippen LogP contribution in [0.2, 0.25) is 0 Å². The van der Waals surface area contributed by atoms with Crippen molar-refractivity contribution in [3.05, 3.63) is 47.5 Å². The molecule has 124 valence electrons. The number of rotatable bonds is 6. The van der Waals surface area contributed by atoms with Crippen molar-refractivity contribution in [3.63, 3.8) is 0 Å². The molecule has 6 heteroatoms. The van der Waals surface area contributed by atoms with Crippen molar-refractivity contribution in [3.8, 4) is 11.5 Å². The number of aryl methyl sites for hydroxylation is 2. The highest BCUT2D eigenvalue weighted by molar-refractivity contribution is 7.92. The minimum absolute atomic E-state index is 0.264. The first-order valence-corrected chi connectivity index (χ1v) is 8.76. The first-order chi connectivity index (χ1) is 10.9. The van der Waals surface area contributed by atoms with Gasteiger partial charge in [-0.1, -0.05) is 6.07 Å². The van der Waals surface area contributed by atoms with Crippen LogP contribution in [0, 0.1) is 13.8 Å². The number of anilines is 1. The van der Waals surface area contributed by atoms with Crippen LogP contribution in [0.5, 0.6) is 11.5 Å². The monoisotopic (exact) mass is 335 g/mol. The Morgan fingerprint density at radius 1 is 1.04 bits per heavy atom. The smallest absolute Gasteiger partial charge is 0.262 e. The van der Waals surface area contributed by atoms with Crippen molar-refractivity contribution in [2.45, 2.75) is 25.7 Å². The van der Waals surface area contributed by atoms with Gasteiger partial charge >= 0.3 is 0 Å². The van der Waals surface area contributed by atoms with Crippen LogP contribution in [0.4, 0.5) is 5.69 Å².